The van der Waals surface area contributed by atoms with E-state index in [9.17, 15) is 9.59 Å². The lowest BCUT2D eigenvalue weighted by Crippen LogP contribution is -2.67. The van der Waals surface area contributed by atoms with Gasteiger partial charge in [-0.25, -0.2) is 5.01 Å². The molecule has 7 nitrogen and oxygen atoms in total. The van der Waals surface area contributed by atoms with Crippen molar-refractivity contribution in [2.75, 3.05) is 31.6 Å². The zero-order valence-electron chi connectivity index (χ0n) is 18.4. The highest BCUT2D eigenvalue weighted by molar-refractivity contribution is 5.84. The van der Waals surface area contributed by atoms with Crippen molar-refractivity contribution >= 4 is 17.5 Å². The molecule has 3 aliphatic rings. The van der Waals surface area contributed by atoms with Gasteiger partial charge < -0.3 is 15.1 Å². The van der Waals surface area contributed by atoms with Gasteiger partial charge in [0.25, 0.3) is 0 Å². The Kier molecular flexibility index (Phi) is 6.29. The van der Waals surface area contributed by atoms with E-state index >= 15 is 0 Å². The van der Waals surface area contributed by atoms with E-state index in [1.54, 1.807) is 0 Å². The summed E-state index contributed by atoms with van der Waals surface area (Å²) in [6.07, 6.45) is 3.44. The number of hydrogen-bond acceptors (Lipinski definition) is 5. The molecule has 164 valence electrons. The van der Waals surface area contributed by atoms with E-state index in [-0.39, 0.29) is 29.8 Å². The molecule has 2 N–H and O–H groups in total. The van der Waals surface area contributed by atoms with Crippen LogP contribution in [0.1, 0.15) is 45.1 Å². The van der Waals surface area contributed by atoms with Crippen molar-refractivity contribution in [1.82, 2.24) is 20.7 Å². The van der Waals surface area contributed by atoms with Gasteiger partial charge in [0.05, 0.1) is 0 Å². The van der Waals surface area contributed by atoms with Crippen molar-refractivity contribution < 1.29 is 9.59 Å². The van der Waals surface area contributed by atoms with Gasteiger partial charge in [0.15, 0.2) is 0 Å². The van der Waals surface area contributed by atoms with Gasteiger partial charge in [-0.1, -0.05) is 12.1 Å². The Bertz CT molecular complexity index is 763. The van der Waals surface area contributed by atoms with Gasteiger partial charge in [0.2, 0.25) is 11.8 Å². The number of anilines is 1. The van der Waals surface area contributed by atoms with Crippen LogP contribution >= 0.6 is 0 Å². The minimum atomic E-state index is -0.0319. The second-order valence-electron chi connectivity index (χ2n) is 8.77. The Morgan fingerprint density at radius 2 is 1.87 bits per heavy atom. The Labute approximate surface area is 179 Å². The van der Waals surface area contributed by atoms with Gasteiger partial charge >= 0.3 is 0 Å². The number of hydrogen-bond donors (Lipinski definition) is 2. The summed E-state index contributed by atoms with van der Waals surface area (Å²) in [7, 11) is 1.91. The largest absolute Gasteiger partial charge is 0.372 e. The summed E-state index contributed by atoms with van der Waals surface area (Å²) in [5, 5.41) is 5.31. The number of fused-ring (bicyclic) bond motifs is 3. The van der Waals surface area contributed by atoms with E-state index in [4.69, 9.17) is 0 Å². The Morgan fingerprint density at radius 1 is 1.13 bits per heavy atom. The molecular formula is C23H35N5O2. The molecule has 4 atom stereocenters. The quantitative estimate of drug-likeness (QED) is 0.744. The highest BCUT2D eigenvalue weighted by Crippen LogP contribution is 2.36. The first kappa shape index (κ1) is 21.1. The van der Waals surface area contributed by atoms with E-state index in [1.165, 1.54) is 5.69 Å². The van der Waals surface area contributed by atoms with Crippen molar-refractivity contribution in [3.8, 4) is 0 Å². The zero-order valence-corrected chi connectivity index (χ0v) is 18.4. The molecule has 2 amide bonds. The van der Waals surface area contributed by atoms with Crippen LogP contribution in [-0.2, 0) is 16.1 Å². The third-order valence-corrected chi connectivity index (χ3v) is 7.22. The first-order chi connectivity index (χ1) is 14.5. The lowest BCUT2D eigenvalue weighted by Gasteiger charge is -2.50. The van der Waals surface area contributed by atoms with E-state index in [1.807, 2.05) is 11.9 Å². The summed E-state index contributed by atoms with van der Waals surface area (Å²) in [6.45, 7) is 7.70. The molecule has 0 radical (unpaired) electrons. The second-order valence-corrected chi connectivity index (χ2v) is 8.77. The van der Waals surface area contributed by atoms with E-state index in [2.05, 4.69) is 58.8 Å². The van der Waals surface area contributed by atoms with Gasteiger partial charge in [-0.15, -0.1) is 0 Å². The third-order valence-electron chi connectivity index (χ3n) is 7.22. The van der Waals surface area contributed by atoms with Crippen molar-refractivity contribution in [1.29, 1.82) is 0 Å². The Hall–Kier alpha value is -2.12. The maximum Gasteiger partial charge on any atom is 0.241 e. The number of amides is 2. The molecule has 2 aliphatic heterocycles. The molecule has 4 unspecified atom stereocenters. The van der Waals surface area contributed by atoms with Gasteiger partial charge in [-0.05, 0) is 57.2 Å². The van der Waals surface area contributed by atoms with Crippen molar-refractivity contribution in [2.24, 2.45) is 5.92 Å². The molecule has 7 heteroatoms. The predicted octanol–water partition coefficient (Wildman–Crippen LogP) is 1.74. The molecule has 1 aromatic rings. The van der Waals surface area contributed by atoms with Crippen LogP contribution < -0.4 is 15.6 Å². The summed E-state index contributed by atoms with van der Waals surface area (Å²) in [4.78, 5) is 29.8. The van der Waals surface area contributed by atoms with E-state index in [0.717, 1.165) is 50.9 Å². The summed E-state index contributed by atoms with van der Waals surface area (Å²) in [6, 6.07) is 8.84. The van der Waals surface area contributed by atoms with Crippen LogP contribution in [0, 0.1) is 5.92 Å². The standard InChI is InChI=1S/C23H35N5O2/c1-4-27(5-2)18-9-6-16(7-10-18)15-24-22(29)17-8-11-19-21(14-17)26(3)23(30)20-12-13-25-28(19)20/h6-7,9-10,17,19-21,25H,4-5,8,11-15H2,1-3H3,(H,24,29). The number of carbonyl (C=O) groups is 2. The number of hydrazine groups is 1. The van der Waals surface area contributed by atoms with Crippen LogP contribution in [0.25, 0.3) is 0 Å². The van der Waals surface area contributed by atoms with Crippen LogP contribution in [0.5, 0.6) is 0 Å². The molecule has 30 heavy (non-hydrogen) atoms. The van der Waals surface area contributed by atoms with Gasteiger partial charge in [-0.2, -0.15) is 0 Å². The predicted molar refractivity (Wildman–Crippen MR) is 118 cm³/mol. The number of likely N-dealkylation sites (N-methyl/N-ethyl adjacent to an activating group) is 1. The van der Waals surface area contributed by atoms with Crippen molar-refractivity contribution in [3.05, 3.63) is 29.8 Å². The maximum absolute atomic E-state index is 12.9. The molecule has 3 fully saturated rings. The minimum Gasteiger partial charge on any atom is -0.372 e. The molecule has 1 saturated carbocycles. The molecule has 1 aliphatic carbocycles. The zero-order chi connectivity index (χ0) is 21.3. The maximum atomic E-state index is 12.9. The fraction of sp³-hybridized carbons (Fsp3) is 0.652. The molecule has 1 aromatic carbocycles. The van der Waals surface area contributed by atoms with Crippen molar-refractivity contribution in [2.45, 2.75) is 64.2 Å². The number of rotatable bonds is 6. The number of nitrogens with zero attached hydrogens (tertiary/aromatic N) is 3. The smallest absolute Gasteiger partial charge is 0.241 e. The second kappa shape index (κ2) is 8.94. The molecule has 0 aromatic heterocycles. The van der Waals surface area contributed by atoms with E-state index < -0.39 is 0 Å². The first-order valence-corrected chi connectivity index (χ1v) is 11.4. The summed E-state index contributed by atoms with van der Waals surface area (Å²) < 4.78 is 0. The third kappa shape index (κ3) is 3.93. The van der Waals surface area contributed by atoms with Crippen LogP contribution in [0.2, 0.25) is 0 Å². The minimum absolute atomic E-state index is 0.0269. The Balaban J connectivity index is 1.33. The average Bonchev–Trinajstić information content (AvgIpc) is 3.27. The topological polar surface area (TPSA) is 67.9 Å². The molecule has 2 saturated heterocycles. The SMILES string of the molecule is CCN(CC)c1ccc(CNC(=O)C2CCC3C(C2)N(C)C(=O)C2CCNN23)cc1. The van der Waals surface area contributed by atoms with Gasteiger partial charge in [0.1, 0.15) is 6.04 Å². The van der Waals surface area contributed by atoms with Gasteiger partial charge in [-0.3, -0.25) is 15.0 Å². The first-order valence-electron chi connectivity index (χ1n) is 11.4. The summed E-state index contributed by atoms with van der Waals surface area (Å²) in [5.41, 5.74) is 5.73. The molecule has 0 bridgehead atoms. The number of piperazine rings is 1. The fourth-order valence-electron chi connectivity index (χ4n) is 5.43. The van der Waals surface area contributed by atoms with Crippen LogP contribution in [-0.4, -0.2) is 66.5 Å². The lowest BCUT2D eigenvalue weighted by molar-refractivity contribution is -0.153. The summed E-state index contributed by atoms with van der Waals surface area (Å²) in [5.74, 6) is 0.268. The normalized spacial score (nSPS) is 28.8. The number of carbonyl (C=O) groups excluding carboxylic acids is 2. The molecular weight excluding hydrogens is 378 g/mol. The highest BCUT2D eigenvalue weighted by Gasteiger charge is 2.50. The average molecular weight is 414 g/mol. The van der Waals surface area contributed by atoms with Crippen LogP contribution in [0.4, 0.5) is 5.69 Å². The highest BCUT2D eigenvalue weighted by atomic mass is 16.2. The summed E-state index contributed by atoms with van der Waals surface area (Å²) >= 11 is 0. The van der Waals surface area contributed by atoms with Crippen LogP contribution in [0.15, 0.2) is 24.3 Å². The van der Waals surface area contributed by atoms with Gasteiger partial charge in [0, 0.05) is 56.9 Å². The lowest BCUT2D eigenvalue weighted by atomic mass is 9.79. The van der Waals surface area contributed by atoms with E-state index in [0.29, 0.717) is 12.6 Å². The Morgan fingerprint density at radius 3 is 2.57 bits per heavy atom. The fourth-order valence-corrected chi connectivity index (χ4v) is 5.43. The molecule has 4 rings (SSSR count). The number of benzene rings is 1. The van der Waals surface area contributed by atoms with Crippen molar-refractivity contribution in [3.63, 3.8) is 0 Å². The monoisotopic (exact) mass is 413 g/mol. The van der Waals surface area contributed by atoms with Crippen LogP contribution in [0.3, 0.4) is 0 Å². The molecule has 0 spiro atoms. The molecule has 2 heterocycles. The number of nitrogens with one attached hydrogen (secondary N) is 2.